The van der Waals surface area contributed by atoms with Crippen LogP contribution in [-0.4, -0.2) is 83.9 Å². The van der Waals surface area contributed by atoms with Crippen LogP contribution in [0.2, 0.25) is 0 Å². The van der Waals surface area contributed by atoms with Crippen molar-refractivity contribution in [1.82, 2.24) is 9.80 Å². The summed E-state index contributed by atoms with van der Waals surface area (Å²) in [4.78, 5) is 57.5. The van der Waals surface area contributed by atoms with Gasteiger partial charge in [-0.15, -0.1) is 0 Å². The molecule has 3 aromatic rings. The Labute approximate surface area is 325 Å². The molecule has 12 nitrogen and oxygen atoms in total. The van der Waals surface area contributed by atoms with E-state index in [2.05, 4.69) is 34.7 Å². The molecular formula is C43H57N5O7. The molecule has 1 aliphatic heterocycles. The third-order valence-corrected chi connectivity index (χ3v) is 8.66. The van der Waals surface area contributed by atoms with Crippen LogP contribution in [0, 0.1) is 0 Å². The Balaban J connectivity index is 1.60. The van der Waals surface area contributed by atoms with Crippen molar-refractivity contribution >= 4 is 47.1 Å². The van der Waals surface area contributed by atoms with Gasteiger partial charge in [0.25, 0.3) is 5.91 Å². The van der Waals surface area contributed by atoms with E-state index in [4.69, 9.17) is 14.2 Å². The second-order valence-electron chi connectivity index (χ2n) is 16.0. The van der Waals surface area contributed by atoms with Gasteiger partial charge in [-0.1, -0.05) is 62.4 Å². The first-order chi connectivity index (χ1) is 25.9. The van der Waals surface area contributed by atoms with Gasteiger partial charge in [-0.2, -0.15) is 0 Å². The SMILES string of the molecule is CC(C)c1ccc(NC(=O)C(c2ccc(/C=C/C(=O)Nc3ccccc3NC(=O)OC(C)(C)C)cc2)N(CC(C)N2CCOCC2)C(=O)OC(C)(C)C)cc1. The lowest BCUT2D eigenvalue weighted by molar-refractivity contribution is -0.122. The maximum Gasteiger partial charge on any atom is 0.412 e. The van der Waals surface area contributed by atoms with Gasteiger partial charge >= 0.3 is 12.2 Å². The van der Waals surface area contributed by atoms with Crippen molar-refractivity contribution in [1.29, 1.82) is 0 Å². The highest BCUT2D eigenvalue weighted by Gasteiger charge is 2.36. The molecule has 0 saturated carbocycles. The van der Waals surface area contributed by atoms with Crippen molar-refractivity contribution in [2.45, 2.75) is 91.5 Å². The highest BCUT2D eigenvalue weighted by atomic mass is 16.6. The van der Waals surface area contributed by atoms with Crippen LogP contribution in [0.25, 0.3) is 6.08 Å². The highest BCUT2D eigenvalue weighted by molar-refractivity contribution is 6.05. The zero-order valence-corrected chi connectivity index (χ0v) is 33.6. The van der Waals surface area contributed by atoms with Crippen LogP contribution < -0.4 is 16.0 Å². The predicted molar refractivity (Wildman–Crippen MR) is 217 cm³/mol. The molecule has 2 atom stereocenters. The average Bonchev–Trinajstić information content (AvgIpc) is 3.11. The Kier molecular flexibility index (Phi) is 14.6. The third-order valence-electron chi connectivity index (χ3n) is 8.66. The lowest BCUT2D eigenvalue weighted by Crippen LogP contribution is -2.52. The summed E-state index contributed by atoms with van der Waals surface area (Å²) in [6.07, 6.45) is 1.77. The molecule has 4 rings (SSSR count). The number of nitrogens with zero attached hydrogens (tertiary/aromatic N) is 2. The number of nitrogens with one attached hydrogen (secondary N) is 3. The fraction of sp³-hybridized carbons (Fsp3) is 0.442. The summed E-state index contributed by atoms with van der Waals surface area (Å²) in [5.74, 6) is -0.479. The van der Waals surface area contributed by atoms with Crippen LogP contribution in [0.5, 0.6) is 0 Å². The normalized spacial score (nSPS) is 14.9. The van der Waals surface area contributed by atoms with Gasteiger partial charge in [0.05, 0.1) is 24.6 Å². The zero-order valence-electron chi connectivity index (χ0n) is 33.6. The van der Waals surface area contributed by atoms with Crippen LogP contribution in [0.15, 0.2) is 78.9 Å². The summed E-state index contributed by atoms with van der Waals surface area (Å²) in [5.41, 5.74) is 2.32. The molecule has 1 heterocycles. The number of hydrogen-bond donors (Lipinski definition) is 3. The minimum absolute atomic E-state index is 0.0952. The first-order valence-electron chi connectivity index (χ1n) is 18.8. The molecule has 0 aromatic heterocycles. The third kappa shape index (κ3) is 13.6. The number of rotatable bonds is 12. The number of carbonyl (C=O) groups is 4. The van der Waals surface area contributed by atoms with Gasteiger partial charge in [-0.25, -0.2) is 9.59 Å². The van der Waals surface area contributed by atoms with Gasteiger partial charge in [0, 0.05) is 37.4 Å². The number of carbonyl (C=O) groups excluding carboxylic acids is 4. The molecule has 3 N–H and O–H groups in total. The molecule has 296 valence electrons. The molecule has 0 radical (unpaired) electrons. The summed E-state index contributed by atoms with van der Waals surface area (Å²) >= 11 is 0. The summed E-state index contributed by atoms with van der Waals surface area (Å²) < 4.78 is 16.8. The van der Waals surface area contributed by atoms with Crippen molar-refractivity contribution < 1.29 is 33.4 Å². The van der Waals surface area contributed by atoms with Crippen molar-refractivity contribution in [3.63, 3.8) is 0 Å². The number of morpholine rings is 1. The maximum atomic E-state index is 14.3. The van der Waals surface area contributed by atoms with E-state index in [0.29, 0.717) is 60.4 Å². The number of benzene rings is 3. The summed E-state index contributed by atoms with van der Waals surface area (Å²) in [7, 11) is 0. The van der Waals surface area contributed by atoms with E-state index in [-0.39, 0.29) is 12.6 Å². The van der Waals surface area contributed by atoms with E-state index >= 15 is 0 Å². The summed E-state index contributed by atoms with van der Waals surface area (Å²) in [6, 6.07) is 20.5. The minimum atomic E-state index is -1.04. The van der Waals surface area contributed by atoms with Gasteiger partial charge in [-0.05, 0) is 101 Å². The van der Waals surface area contributed by atoms with E-state index in [0.717, 1.165) is 5.56 Å². The Morgan fingerprint density at radius 1 is 0.764 bits per heavy atom. The van der Waals surface area contributed by atoms with Gasteiger partial charge in [-0.3, -0.25) is 24.7 Å². The molecule has 0 spiro atoms. The van der Waals surface area contributed by atoms with Crippen LogP contribution >= 0.6 is 0 Å². The molecule has 1 saturated heterocycles. The molecule has 12 heteroatoms. The van der Waals surface area contributed by atoms with Crippen LogP contribution in [-0.2, 0) is 23.8 Å². The maximum absolute atomic E-state index is 14.3. The second-order valence-corrected chi connectivity index (χ2v) is 16.0. The molecule has 1 fully saturated rings. The number of anilines is 3. The van der Waals surface area contributed by atoms with Crippen molar-refractivity contribution in [3.8, 4) is 0 Å². The van der Waals surface area contributed by atoms with E-state index < -0.39 is 41.2 Å². The second kappa shape index (κ2) is 18.9. The van der Waals surface area contributed by atoms with Crippen LogP contribution in [0.4, 0.5) is 26.7 Å². The lowest BCUT2D eigenvalue weighted by atomic mass is 10.0. The summed E-state index contributed by atoms with van der Waals surface area (Å²) in [6.45, 7) is 19.8. The molecule has 1 aliphatic rings. The van der Waals surface area contributed by atoms with Crippen LogP contribution in [0.1, 0.15) is 91.0 Å². The van der Waals surface area contributed by atoms with Gasteiger partial charge in [0.2, 0.25) is 5.91 Å². The monoisotopic (exact) mass is 755 g/mol. The predicted octanol–water partition coefficient (Wildman–Crippen LogP) is 8.45. The Morgan fingerprint density at radius 3 is 1.89 bits per heavy atom. The van der Waals surface area contributed by atoms with Crippen molar-refractivity contribution in [3.05, 3.63) is 95.6 Å². The zero-order chi connectivity index (χ0) is 40.3. The number of para-hydroxylation sites is 2. The Hall–Kier alpha value is -5.20. The Morgan fingerprint density at radius 2 is 1.33 bits per heavy atom. The van der Waals surface area contributed by atoms with Gasteiger partial charge < -0.3 is 24.8 Å². The first-order valence-corrected chi connectivity index (χ1v) is 18.8. The largest absolute Gasteiger partial charge is 0.444 e. The summed E-state index contributed by atoms with van der Waals surface area (Å²) in [5, 5.41) is 8.51. The fourth-order valence-corrected chi connectivity index (χ4v) is 5.91. The number of ether oxygens (including phenoxy) is 3. The molecule has 55 heavy (non-hydrogen) atoms. The number of hydrogen-bond acceptors (Lipinski definition) is 8. The average molecular weight is 756 g/mol. The fourth-order valence-electron chi connectivity index (χ4n) is 5.91. The number of amides is 4. The van der Waals surface area contributed by atoms with E-state index in [9.17, 15) is 19.2 Å². The minimum Gasteiger partial charge on any atom is -0.444 e. The van der Waals surface area contributed by atoms with Crippen molar-refractivity contribution in [2.24, 2.45) is 0 Å². The van der Waals surface area contributed by atoms with E-state index in [1.54, 1.807) is 96.1 Å². The molecular weight excluding hydrogens is 699 g/mol. The smallest absolute Gasteiger partial charge is 0.412 e. The van der Waals surface area contributed by atoms with Crippen LogP contribution in [0.3, 0.4) is 0 Å². The van der Waals surface area contributed by atoms with E-state index in [1.165, 1.54) is 11.0 Å². The molecule has 0 aliphatic carbocycles. The lowest BCUT2D eigenvalue weighted by Gasteiger charge is -2.38. The standard InChI is InChI=1S/C43H57N5O7/c1-29(2)32-19-21-34(22-20-32)44-39(50)38(48(41(52)55-43(7,8)9)28-30(3)47-24-26-53-27-25-47)33-17-14-31(15-18-33)16-23-37(49)45-35-12-10-11-13-36(35)46-40(51)54-42(4,5)6/h10-23,29-30,38H,24-28H2,1-9H3,(H,44,50)(H,45,49)(H,46,51)/b23-16+. The van der Waals surface area contributed by atoms with Crippen molar-refractivity contribution in [2.75, 3.05) is 48.8 Å². The molecule has 2 unspecified atom stereocenters. The molecule has 4 amide bonds. The molecule has 3 aromatic carbocycles. The Bertz CT molecular complexity index is 1790. The highest BCUT2D eigenvalue weighted by Crippen LogP contribution is 2.28. The molecule has 0 bridgehead atoms. The van der Waals surface area contributed by atoms with Gasteiger partial charge in [0.15, 0.2) is 0 Å². The first kappa shape index (κ1) is 42.5. The topological polar surface area (TPSA) is 139 Å². The van der Waals surface area contributed by atoms with Gasteiger partial charge in [0.1, 0.15) is 17.2 Å². The quantitative estimate of drug-likeness (QED) is 0.157. The van der Waals surface area contributed by atoms with E-state index in [1.807, 2.05) is 31.2 Å².